The predicted octanol–water partition coefficient (Wildman–Crippen LogP) is 2.82. The molecule has 1 heterocycles. The molecule has 0 aromatic carbocycles. The first-order valence-corrected chi connectivity index (χ1v) is 6.55. The maximum atomic E-state index is 11.3. The fourth-order valence-electron chi connectivity index (χ4n) is 1.31. The van der Waals surface area contributed by atoms with Crippen LogP contribution in [0.15, 0.2) is 22.8 Å². The molecule has 0 aliphatic carbocycles. The summed E-state index contributed by atoms with van der Waals surface area (Å²) in [5.41, 5.74) is -0.511. The van der Waals surface area contributed by atoms with Crippen LogP contribution in [0.3, 0.4) is 0 Å². The smallest absolute Gasteiger partial charge is 0.310 e. The van der Waals surface area contributed by atoms with Crippen molar-refractivity contribution in [3.8, 4) is 0 Å². The number of rotatable bonds is 5. The fourth-order valence-corrected chi connectivity index (χ4v) is 1.55. The average Bonchev–Trinajstić information content (AvgIpc) is 2.28. The number of carboxylic acid groups (broad SMARTS) is 1. The lowest BCUT2D eigenvalue weighted by Crippen LogP contribution is -2.54. The van der Waals surface area contributed by atoms with E-state index in [1.807, 2.05) is 26.0 Å². The Kier molecular flexibility index (Phi) is 4.50. The number of nitrogens with one attached hydrogen (secondary N) is 1. The van der Waals surface area contributed by atoms with Gasteiger partial charge in [-0.3, -0.25) is 9.78 Å². The SMILES string of the molecule is CC(C)(NCc1ccc(Br)cn1)C(C)(C)C(=O)O. The summed E-state index contributed by atoms with van der Waals surface area (Å²) in [4.78, 5) is 15.5. The molecule has 1 aromatic heterocycles. The minimum Gasteiger partial charge on any atom is -0.481 e. The molecule has 0 fully saturated rings. The van der Waals surface area contributed by atoms with Crippen LogP contribution < -0.4 is 5.32 Å². The zero-order chi connectivity index (χ0) is 14.0. The number of hydrogen-bond donors (Lipinski definition) is 2. The van der Waals surface area contributed by atoms with Crippen LogP contribution in [0.4, 0.5) is 0 Å². The van der Waals surface area contributed by atoms with Crippen LogP contribution in [0.25, 0.3) is 0 Å². The van der Waals surface area contributed by atoms with E-state index in [4.69, 9.17) is 0 Å². The lowest BCUT2D eigenvalue weighted by atomic mass is 9.74. The third kappa shape index (κ3) is 3.29. The molecule has 0 atom stereocenters. The first-order valence-electron chi connectivity index (χ1n) is 5.75. The van der Waals surface area contributed by atoms with E-state index in [1.54, 1.807) is 20.0 Å². The molecule has 1 aromatic rings. The van der Waals surface area contributed by atoms with Gasteiger partial charge in [-0.2, -0.15) is 0 Å². The molecular formula is C13H19BrN2O2. The number of carbonyl (C=O) groups is 1. The molecule has 0 unspecified atom stereocenters. The van der Waals surface area contributed by atoms with Gasteiger partial charge in [-0.15, -0.1) is 0 Å². The van der Waals surface area contributed by atoms with E-state index in [9.17, 15) is 9.90 Å². The van der Waals surface area contributed by atoms with Gasteiger partial charge in [0.1, 0.15) is 0 Å². The molecule has 0 aliphatic heterocycles. The molecule has 0 aliphatic rings. The van der Waals surface area contributed by atoms with Crippen LogP contribution in [-0.4, -0.2) is 21.6 Å². The summed E-state index contributed by atoms with van der Waals surface area (Å²) in [7, 11) is 0. The molecule has 2 N–H and O–H groups in total. The summed E-state index contributed by atoms with van der Waals surface area (Å²) < 4.78 is 0.927. The second-order valence-corrected chi connectivity index (χ2v) is 6.29. The lowest BCUT2D eigenvalue weighted by molar-refractivity contribution is -0.151. The number of carboxylic acids is 1. The highest BCUT2D eigenvalue weighted by molar-refractivity contribution is 9.10. The zero-order valence-corrected chi connectivity index (χ0v) is 12.7. The first-order chi connectivity index (χ1) is 8.17. The number of aliphatic carboxylic acids is 1. The number of nitrogens with zero attached hydrogens (tertiary/aromatic N) is 1. The van der Waals surface area contributed by atoms with E-state index in [2.05, 4.69) is 26.2 Å². The molecule has 100 valence electrons. The summed E-state index contributed by atoms with van der Waals surface area (Å²) in [6, 6.07) is 3.82. The summed E-state index contributed by atoms with van der Waals surface area (Å²) in [5, 5.41) is 12.5. The minimum absolute atomic E-state index is 0.534. The molecule has 0 amide bonds. The van der Waals surface area contributed by atoms with Crippen molar-refractivity contribution in [3.63, 3.8) is 0 Å². The van der Waals surface area contributed by atoms with E-state index < -0.39 is 16.9 Å². The Labute approximate surface area is 116 Å². The molecule has 0 radical (unpaired) electrons. The van der Waals surface area contributed by atoms with Gasteiger partial charge in [0.15, 0.2) is 0 Å². The van der Waals surface area contributed by atoms with E-state index in [0.29, 0.717) is 6.54 Å². The highest BCUT2D eigenvalue weighted by atomic mass is 79.9. The van der Waals surface area contributed by atoms with Crippen molar-refractivity contribution >= 4 is 21.9 Å². The molecule has 0 bridgehead atoms. The van der Waals surface area contributed by atoms with Crippen molar-refractivity contribution in [2.24, 2.45) is 5.41 Å². The van der Waals surface area contributed by atoms with Crippen molar-refractivity contribution in [2.45, 2.75) is 39.8 Å². The topological polar surface area (TPSA) is 62.2 Å². The molecule has 0 saturated heterocycles. The molecular weight excluding hydrogens is 296 g/mol. The summed E-state index contributed by atoms with van der Waals surface area (Å²) in [5.74, 6) is -0.816. The zero-order valence-electron chi connectivity index (χ0n) is 11.1. The van der Waals surface area contributed by atoms with Crippen molar-refractivity contribution < 1.29 is 9.90 Å². The molecule has 18 heavy (non-hydrogen) atoms. The van der Waals surface area contributed by atoms with E-state index in [1.165, 1.54) is 0 Å². The van der Waals surface area contributed by atoms with Crippen molar-refractivity contribution in [1.29, 1.82) is 0 Å². The second-order valence-electron chi connectivity index (χ2n) is 5.38. The largest absolute Gasteiger partial charge is 0.481 e. The van der Waals surface area contributed by atoms with E-state index >= 15 is 0 Å². The van der Waals surface area contributed by atoms with E-state index in [-0.39, 0.29) is 0 Å². The van der Waals surface area contributed by atoms with Gasteiger partial charge in [0, 0.05) is 22.8 Å². The number of hydrogen-bond acceptors (Lipinski definition) is 3. The van der Waals surface area contributed by atoms with Gasteiger partial charge >= 0.3 is 5.97 Å². The molecule has 5 heteroatoms. The minimum atomic E-state index is -0.859. The van der Waals surface area contributed by atoms with Crippen molar-refractivity contribution in [3.05, 3.63) is 28.5 Å². The van der Waals surface area contributed by atoms with E-state index in [0.717, 1.165) is 10.2 Å². The highest BCUT2D eigenvalue weighted by Gasteiger charge is 2.42. The molecule has 4 nitrogen and oxygen atoms in total. The fraction of sp³-hybridized carbons (Fsp3) is 0.538. The second kappa shape index (κ2) is 5.36. The Balaban J connectivity index is 2.73. The van der Waals surface area contributed by atoms with Crippen molar-refractivity contribution in [1.82, 2.24) is 10.3 Å². The summed E-state index contributed by atoms with van der Waals surface area (Å²) >= 11 is 3.33. The Hall–Kier alpha value is -0.940. The van der Waals surface area contributed by atoms with Crippen LogP contribution in [0.1, 0.15) is 33.4 Å². The number of halogens is 1. The van der Waals surface area contributed by atoms with Crippen LogP contribution in [0.5, 0.6) is 0 Å². The van der Waals surface area contributed by atoms with Gasteiger partial charge in [-0.1, -0.05) is 0 Å². The average molecular weight is 315 g/mol. The van der Waals surface area contributed by atoms with Gasteiger partial charge in [0.05, 0.1) is 11.1 Å². The van der Waals surface area contributed by atoms with Gasteiger partial charge in [-0.25, -0.2) is 0 Å². The number of aromatic nitrogens is 1. The Morgan fingerprint density at radius 3 is 2.44 bits per heavy atom. The normalized spacial score (nSPS) is 12.5. The van der Waals surface area contributed by atoms with Crippen LogP contribution in [-0.2, 0) is 11.3 Å². The Morgan fingerprint density at radius 1 is 1.39 bits per heavy atom. The predicted molar refractivity (Wildman–Crippen MR) is 74.3 cm³/mol. The highest BCUT2D eigenvalue weighted by Crippen LogP contribution is 2.30. The first kappa shape index (κ1) is 15.1. The third-order valence-electron chi connectivity index (χ3n) is 3.60. The van der Waals surface area contributed by atoms with Crippen LogP contribution >= 0.6 is 15.9 Å². The Morgan fingerprint density at radius 2 is 2.00 bits per heavy atom. The van der Waals surface area contributed by atoms with Crippen molar-refractivity contribution in [2.75, 3.05) is 0 Å². The maximum absolute atomic E-state index is 11.3. The summed E-state index contributed by atoms with van der Waals surface area (Å²) in [6.45, 7) is 7.76. The molecule has 0 saturated carbocycles. The standard InChI is InChI=1S/C13H19BrN2O2/c1-12(2,11(17)18)13(3,4)16-8-10-6-5-9(14)7-15-10/h5-7,16H,8H2,1-4H3,(H,17,18). The molecule has 0 spiro atoms. The van der Waals surface area contributed by atoms with Gasteiger partial charge in [-0.05, 0) is 55.8 Å². The quantitative estimate of drug-likeness (QED) is 0.877. The Bertz CT molecular complexity index is 427. The molecule has 1 rings (SSSR count). The number of pyridine rings is 1. The monoisotopic (exact) mass is 314 g/mol. The van der Waals surface area contributed by atoms with Gasteiger partial charge in [0.2, 0.25) is 0 Å². The maximum Gasteiger partial charge on any atom is 0.310 e. The van der Waals surface area contributed by atoms with Crippen LogP contribution in [0, 0.1) is 5.41 Å². The van der Waals surface area contributed by atoms with Crippen LogP contribution in [0.2, 0.25) is 0 Å². The third-order valence-corrected chi connectivity index (χ3v) is 4.07. The van der Waals surface area contributed by atoms with Gasteiger partial charge < -0.3 is 10.4 Å². The lowest BCUT2D eigenvalue weighted by Gasteiger charge is -2.39. The van der Waals surface area contributed by atoms with Gasteiger partial charge in [0.25, 0.3) is 0 Å². The summed E-state index contributed by atoms with van der Waals surface area (Å²) in [6.07, 6.45) is 1.73.